The summed E-state index contributed by atoms with van der Waals surface area (Å²) >= 11 is 5.83. The van der Waals surface area contributed by atoms with Gasteiger partial charge in [0.25, 0.3) is 5.91 Å². The highest BCUT2D eigenvalue weighted by Crippen LogP contribution is 2.24. The second-order valence-corrected chi connectivity index (χ2v) is 6.54. The van der Waals surface area contributed by atoms with E-state index in [0.717, 1.165) is 6.07 Å². The van der Waals surface area contributed by atoms with Crippen LogP contribution in [0.3, 0.4) is 0 Å². The number of carbonyl (C=O) groups is 2. The standard InChI is InChI=1S/C15H19ClFNO3/c1-15(2,3)8-9(7-12(19)20)18-14(21)13-10(16)5-4-6-11(13)17/h4-6,9H,7-8H2,1-3H3,(H,18,21)(H,19,20). The van der Waals surface area contributed by atoms with Crippen LogP contribution in [0, 0.1) is 11.2 Å². The lowest BCUT2D eigenvalue weighted by atomic mass is 9.87. The van der Waals surface area contributed by atoms with Crippen molar-refractivity contribution in [2.45, 2.75) is 39.7 Å². The number of aliphatic carboxylic acids is 1. The Morgan fingerprint density at radius 2 is 2.00 bits per heavy atom. The van der Waals surface area contributed by atoms with Crippen LogP contribution in [0.1, 0.15) is 44.0 Å². The van der Waals surface area contributed by atoms with Gasteiger partial charge in [-0.05, 0) is 24.0 Å². The Morgan fingerprint density at radius 3 is 2.48 bits per heavy atom. The Morgan fingerprint density at radius 1 is 1.38 bits per heavy atom. The number of hydrogen-bond donors (Lipinski definition) is 2. The summed E-state index contributed by atoms with van der Waals surface area (Å²) < 4.78 is 13.7. The molecule has 0 bridgehead atoms. The van der Waals surface area contributed by atoms with E-state index in [1.165, 1.54) is 12.1 Å². The van der Waals surface area contributed by atoms with Crippen LogP contribution in [-0.2, 0) is 4.79 Å². The zero-order chi connectivity index (χ0) is 16.2. The van der Waals surface area contributed by atoms with Crippen LogP contribution in [0.25, 0.3) is 0 Å². The summed E-state index contributed by atoms with van der Waals surface area (Å²) in [5.41, 5.74) is -0.435. The molecule has 6 heteroatoms. The lowest BCUT2D eigenvalue weighted by Crippen LogP contribution is -2.39. The van der Waals surface area contributed by atoms with E-state index in [9.17, 15) is 14.0 Å². The van der Waals surface area contributed by atoms with Gasteiger partial charge in [0.15, 0.2) is 0 Å². The van der Waals surface area contributed by atoms with Gasteiger partial charge < -0.3 is 10.4 Å². The summed E-state index contributed by atoms with van der Waals surface area (Å²) in [5.74, 6) is -2.46. The van der Waals surface area contributed by atoms with Gasteiger partial charge in [0, 0.05) is 6.04 Å². The number of carboxylic acids is 1. The van der Waals surface area contributed by atoms with Crippen LogP contribution in [0.2, 0.25) is 5.02 Å². The highest BCUT2D eigenvalue weighted by molar-refractivity contribution is 6.33. The molecule has 1 atom stereocenters. The van der Waals surface area contributed by atoms with Crippen LogP contribution in [0.5, 0.6) is 0 Å². The topological polar surface area (TPSA) is 66.4 Å². The summed E-state index contributed by atoms with van der Waals surface area (Å²) in [6.45, 7) is 5.80. The molecule has 0 aliphatic rings. The minimum Gasteiger partial charge on any atom is -0.481 e. The SMILES string of the molecule is CC(C)(C)CC(CC(=O)O)NC(=O)c1c(F)cccc1Cl. The highest BCUT2D eigenvalue weighted by Gasteiger charge is 2.25. The average molecular weight is 316 g/mol. The molecule has 4 nitrogen and oxygen atoms in total. The Hall–Kier alpha value is -1.62. The fourth-order valence-corrected chi connectivity index (χ4v) is 2.35. The first-order valence-corrected chi connectivity index (χ1v) is 6.94. The number of rotatable bonds is 5. The fourth-order valence-electron chi connectivity index (χ4n) is 2.10. The molecule has 116 valence electrons. The van der Waals surface area contributed by atoms with E-state index in [1.807, 2.05) is 20.8 Å². The van der Waals surface area contributed by atoms with Crippen molar-refractivity contribution in [2.75, 3.05) is 0 Å². The van der Waals surface area contributed by atoms with Crippen molar-refractivity contribution >= 4 is 23.5 Å². The quantitative estimate of drug-likeness (QED) is 0.874. The molecule has 0 aromatic heterocycles. The van der Waals surface area contributed by atoms with Gasteiger partial charge >= 0.3 is 5.97 Å². The summed E-state index contributed by atoms with van der Waals surface area (Å²) in [4.78, 5) is 23.0. The van der Waals surface area contributed by atoms with Crippen LogP contribution < -0.4 is 5.32 Å². The number of amides is 1. The molecule has 21 heavy (non-hydrogen) atoms. The van der Waals surface area contributed by atoms with Gasteiger partial charge in [0.2, 0.25) is 0 Å². The van der Waals surface area contributed by atoms with E-state index < -0.39 is 23.7 Å². The first-order chi connectivity index (χ1) is 9.60. The molecule has 2 N–H and O–H groups in total. The number of nitrogens with one attached hydrogen (secondary N) is 1. The molecular formula is C15H19ClFNO3. The summed E-state index contributed by atoms with van der Waals surface area (Å²) in [7, 11) is 0. The molecular weight excluding hydrogens is 297 g/mol. The molecule has 1 amide bonds. The fraction of sp³-hybridized carbons (Fsp3) is 0.467. The molecule has 0 radical (unpaired) electrons. The Bertz CT molecular complexity index is 520. The van der Waals surface area contributed by atoms with Gasteiger partial charge in [-0.3, -0.25) is 9.59 Å². The third kappa shape index (κ3) is 5.71. The number of hydrogen-bond acceptors (Lipinski definition) is 2. The summed E-state index contributed by atoms with van der Waals surface area (Å²) in [6, 6.07) is 3.36. The maximum absolute atomic E-state index is 13.7. The van der Waals surface area contributed by atoms with Crippen molar-refractivity contribution in [3.05, 3.63) is 34.6 Å². The Kier molecular flexibility index (Phi) is 5.72. The molecule has 0 spiro atoms. The second-order valence-electron chi connectivity index (χ2n) is 6.13. The average Bonchev–Trinajstić information content (AvgIpc) is 2.24. The van der Waals surface area contributed by atoms with Gasteiger partial charge in [-0.2, -0.15) is 0 Å². The lowest BCUT2D eigenvalue weighted by molar-refractivity contribution is -0.137. The number of carboxylic acid groups (broad SMARTS) is 1. The number of halogens is 2. The van der Waals surface area contributed by atoms with Crippen LogP contribution >= 0.6 is 11.6 Å². The normalized spacial score (nSPS) is 12.8. The first-order valence-electron chi connectivity index (χ1n) is 6.57. The lowest BCUT2D eigenvalue weighted by Gasteiger charge is -2.26. The Balaban J connectivity index is 2.92. The van der Waals surface area contributed by atoms with E-state index >= 15 is 0 Å². The van der Waals surface area contributed by atoms with Crippen LogP contribution in [-0.4, -0.2) is 23.0 Å². The molecule has 0 aliphatic heterocycles. The van der Waals surface area contributed by atoms with E-state index in [0.29, 0.717) is 6.42 Å². The van der Waals surface area contributed by atoms with Gasteiger partial charge in [0.1, 0.15) is 5.82 Å². The van der Waals surface area contributed by atoms with Crippen LogP contribution in [0.4, 0.5) is 4.39 Å². The smallest absolute Gasteiger partial charge is 0.305 e. The molecule has 1 unspecified atom stereocenters. The second kappa shape index (κ2) is 6.89. The van der Waals surface area contributed by atoms with Gasteiger partial charge in [-0.1, -0.05) is 38.4 Å². The summed E-state index contributed by atoms with van der Waals surface area (Å²) in [6.07, 6.45) is 0.228. The third-order valence-electron chi connectivity index (χ3n) is 2.80. The minimum atomic E-state index is -1.02. The number of benzene rings is 1. The maximum atomic E-state index is 13.7. The van der Waals surface area contributed by atoms with Crippen molar-refractivity contribution in [3.63, 3.8) is 0 Å². The molecule has 0 fully saturated rings. The van der Waals surface area contributed by atoms with Crippen molar-refractivity contribution < 1.29 is 19.1 Å². The van der Waals surface area contributed by atoms with E-state index in [4.69, 9.17) is 16.7 Å². The third-order valence-corrected chi connectivity index (χ3v) is 3.12. The zero-order valence-electron chi connectivity index (χ0n) is 12.2. The molecule has 0 saturated heterocycles. The molecule has 0 saturated carbocycles. The molecule has 0 aliphatic carbocycles. The van der Waals surface area contributed by atoms with Crippen molar-refractivity contribution in [3.8, 4) is 0 Å². The zero-order valence-corrected chi connectivity index (χ0v) is 13.0. The van der Waals surface area contributed by atoms with Crippen molar-refractivity contribution in [1.29, 1.82) is 0 Å². The Labute approximate surface area is 128 Å². The number of carbonyl (C=O) groups excluding carboxylic acids is 1. The van der Waals surface area contributed by atoms with Gasteiger partial charge in [-0.15, -0.1) is 0 Å². The van der Waals surface area contributed by atoms with E-state index in [-0.39, 0.29) is 22.4 Å². The monoisotopic (exact) mass is 315 g/mol. The first kappa shape index (κ1) is 17.4. The van der Waals surface area contributed by atoms with E-state index in [2.05, 4.69) is 5.32 Å². The highest BCUT2D eigenvalue weighted by atomic mass is 35.5. The summed E-state index contributed by atoms with van der Waals surface area (Å²) in [5, 5.41) is 11.5. The molecule has 1 aromatic carbocycles. The van der Waals surface area contributed by atoms with Crippen molar-refractivity contribution in [2.24, 2.45) is 5.41 Å². The van der Waals surface area contributed by atoms with Gasteiger partial charge in [0.05, 0.1) is 17.0 Å². The largest absolute Gasteiger partial charge is 0.481 e. The predicted molar refractivity (Wildman–Crippen MR) is 79.0 cm³/mol. The molecule has 1 aromatic rings. The molecule has 0 heterocycles. The van der Waals surface area contributed by atoms with Crippen LogP contribution in [0.15, 0.2) is 18.2 Å². The molecule has 1 rings (SSSR count). The van der Waals surface area contributed by atoms with Crippen molar-refractivity contribution in [1.82, 2.24) is 5.32 Å². The maximum Gasteiger partial charge on any atom is 0.305 e. The minimum absolute atomic E-state index is 0.00247. The van der Waals surface area contributed by atoms with Gasteiger partial charge in [-0.25, -0.2) is 4.39 Å². The predicted octanol–water partition coefficient (Wildman–Crippen LogP) is 3.49. The van der Waals surface area contributed by atoms with E-state index in [1.54, 1.807) is 0 Å².